The van der Waals surface area contributed by atoms with E-state index in [1.54, 1.807) is 7.11 Å². The Kier molecular flexibility index (Phi) is 4.07. The molecule has 0 aliphatic heterocycles. The predicted octanol–water partition coefficient (Wildman–Crippen LogP) is 1.95. The zero-order valence-electron chi connectivity index (χ0n) is 10.6. The Bertz CT molecular complexity index is 489. The molecule has 2 N–H and O–H groups in total. The van der Waals surface area contributed by atoms with E-state index in [1.807, 2.05) is 12.1 Å². The third-order valence-electron chi connectivity index (χ3n) is 2.84. The van der Waals surface area contributed by atoms with Crippen molar-refractivity contribution in [1.29, 1.82) is 0 Å². The summed E-state index contributed by atoms with van der Waals surface area (Å²) < 4.78 is 10.3. The number of hydrogen-bond donors (Lipinski definition) is 1. The first kappa shape index (κ1) is 12.7. The Labute approximate surface area is 106 Å². The first-order valence-electron chi connectivity index (χ1n) is 5.94. The topological polar surface area (TPSA) is 74.2 Å². The third kappa shape index (κ3) is 2.57. The van der Waals surface area contributed by atoms with Gasteiger partial charge in [-0.25, -0.2) is 0 Å². The van der Waals surface area contributed by atoms with Gasteiger partial charge in [-0.3, -0.25) is 0 Å². The van der Waals surface area contributed by atoms with Crippen molar-refractivity contribution in [3.8, 4) is 11.4 Å². The largest absolute Gasteiger partial charge is 0.370 e. The van der Waals surface area contributed by atoms with E-state index in [2.05, 4.69) is 29.2 Å². The molecule has 0 aliphatic carbocycles. The van der Waals surface area contributed by atoms with Gasteiger partial charge in [-0.2, -0.15) is 4.98 Å². The van der Waals surface area contributed by atoms with Crippen LogP contribution < -0.4 is 5.73 Å². The van der Waals surface area contributed by atoms with Gasteiger partial charge in [-0.15, -0.1) is 0 Å². The molecule has 0 saturated heterocycles. The van der Waals surface area contributed by atoms with Gasteiger partial charge in [0.1, 0.15) is 6.10 Å². The van der Waals surface area contributed by atoms with Crippen LogP contribution >= 0.6 is 0 Å². The summed E-state index contributed by atoms with van der Waals surface area (Å²) in [5, 5.41) is 3.94. The molecule has 5 nitrogen and oxygen atoms in total. The van der Waals surface area contributed by atoms with Gasteiger partial charge in [0, 0.05) is 19.2 Å². The van der Waals surface area contributed by atoms with E-state index in [4.69, 9.17) is 15.0 Å². The summed E-state index contributed by atoms with van der Waals surface area (Å²) >= 11 is 0. The van der Waals surface area contributed by atoms with Crippen molar-refractivity contribution < 1.29 is 9.26 Å². The molecule has 0 aliphatic rings. The maximum atomic E-state index is 5.55. The highest BCUT2D eigenvalue weighted by molar-refractivity contribution is 5.54. The van der Waals surface area contributed by atoms with Crippen molar-refractivity contribution >= 4 is 0 Å². The van der Waals surface area contributed by atoms with Gasteiger partial charge < -0.3 is 15.0 Å². The first-order valence-corrected chi connectivity index (χ1v) is 5.94. The highest BCUT2D eigenvalue weighted by Gasteiger charge is 2.17. The second-order valence-corrected chi connectivity index (χ2v) is 3.97. The van der Waals surface area contributed by atoms with Gasteiger partial charge in [-0.05, 0) is 12.0 Å². The number of nitrogens with zero attached hydrogens (tertiary/aromatic N) is 2. The Balaban J connectivity index is 2.23. The van der Waals surface area contributed by atoms with E-state index >= 15 is 0 Å². The van der Waals surface area contributed by atoms with Crippen LogP contribution in [-0.2, 0) is 11.2 Å². The average molecular weight is 247 g/mol. The van der Waals surface area contributed by atoms with Crippen molar-refractivity contribution in [2.75, 3.05) is 13.7 Å². The van der Waals surface area contributed by atoms with Crippen LogP contribution in [-0.4, -0.2) is 23.8 Å². The zero-order valence-corrected chi connectivity index (χ0v) is 10.6. The van der Waals surface area contributed by atoms with Crippen LogP contribution in [0.1, 0.15) is 24.5 Å². The maximum absolute atomic E-state index is 5.55. The van der Waals surface area contributed by atoms with Gasteiger partial charge in [0.05, 0.1) is 0 Å². The summed E-state index contributed by atoms with van der Waals surface area (Å²) in [4.78, 5) is 4.30. The maximum Gasteiger partial charge on any atom is 0.257 e. The van der Waals surface area contributed by atoms with Crippen LogP contribution in [0.5, 0.6) is 0 Å². The van der Waals surface area contributed by atoms with Gasteiger partial charge >= 0.3 is 0 Å². The van der Waals surface area contributed by atoms with Crippen LogP contribution in [0.15, 0.2) is 28.8 Å². The van der Waals surface area contributed by atoms with E-state index in [-0.39, 0.29) is 6.10 Å². The van der Waals surface area contributed by atoms with Crippen molar-refractivity contribution in [3.05, 3.63) is 35.7 Å². The molecule has 1 aromatic carbocycles. The molecule has 96 valence electrons. The quantitative estimate of drug-likeness (QED) is 0.874. The number of rotatable bonds is 5. The number of hydrogen-bond acceptors (Lipinski definition) is 5. The van der Waals surface area contributed by atoms with Crippen molar-refractivity contribution in [1.82, 2.24) is 10.1 Å². The minimum atomic E-state index is -0.346. The summed E-state index contributed by atoms with van der Waals surface area (Å²) in [6.07, 6.45) is 0.664. The second kappa shape index (κ2) is 5.75. The molecule has 0 amide bonds. The van der Waals surface area contributed by atoms with Crippen molar-refractivity contribution in [3.63, 3.8) is 0 Å². The molecule has 2 rings (SSSR count). The molecule has 1 unspecified atom stereocenters. The fraction of sp³-hybridized carbons (Fsp3) is 0.385. The van der Waals surface area contributed by atoms with E-state index < -0.39 is 0 Å². The van der Waals surface area contributed by atoms with Crippen LogP contribution in [0.25, 0.3) is 11.4 Å². The van der Waals surface area contributed by atoms with Gasteiger partial charge in [0.25, 0.3) is 5.89 Å². The Hall–Kier alpha value is -1.72. The molecule has 1 heterocycles. The van der Waals surface area contributed by atoms with E-state index in [0.717, 1.165) is 12.0 Å². The molecule has 0 fully saturated rings. The van der Waals surface area contributed by atoms with Gasteiger partial charge in [0.2, 0.25) is 5.82 Å². The fourth-order valence-electron chi connectivity index (χ4n) is 1.67. The average Bonchev–Trinajstić information content (AvgIpc) is 2.90. The number of ether oxygens (including phenoxy) is 1. The number of methoxy groups -OCH3 is 1. The van der Waals surface area contributed by atoms with Crippen LogP contribution in [0.3, 0.4) is 0 Å². The lowest BCUT2D eigenvalue weighted by molar-refractivity contribution is 0.0804. The normalized spacial score (nSPS) is 12.6. The minimum Gasteiger partial charge on any atom is -0.370 e. The summed E-state index contributed by atoms with van der Waals surface area (Å²) in [6, 6.07) is 8.08. The summed E-state index contributed by atoms with van der Waals surface area (Å²) in [6.45, 7) is 2.43. The van der Waals surface area contributed by atoms with E-state index in [9.17, 15) is 0 Å². The van der Waals surface area contributed by atoms with E-state index in [0.29, 0.717) is 18.3 Å². The highest BCUT2D eigenvalue weighted by Crippen LogP contribution is 2.20. The molecule has 1 aromatic heterocycles. The monoisotopic (exact) mass is 247 g/mol. The Morgan fingerprint density at radius 2 is 2.06 bits per heavy atom. The first-order chi connectivity index (χ1) is 8.78. The molecule has 0 radical (unpaired) electrons. The molecule has 0 saturated carbocycles. The molecule has 5 heteroatoms. The molecule has 1 atom stereocenters. The lowest BCUT2D eigenvalue weighted by Crippen LogP contribution is -2.14. The molecular formula is C13H17N3O2. The number of aryl methyl sites for hydroxylation is 1. The van der Waals surface area contributed by atoms with Gasteiger partial charge in [-0.1, -0.05) is 36.3 Å². The smallest absolute Gasteiger partial charge is 0.257 e. The predicted molar refractivity (Wildman–Crippen MR) is 67.9 cm³/mol. The zero-order chi connectivity index (χ0) is 13.0. The Morgan fingerprint density at radius 1 is 1.33 bits per heavy atom. The Morgan fingerprint density at radius 3 is 2.61 bits per heavy atom. The molecule has 2 aromatic rings. The lowest BCUT2D eigenvalue weighted by Gasteiger charge is -2.05. The second-order valence-electron chi connectivity index (χ2n) is 3.97. The number of benzene rings is 1. The van der Waals surface area contributed by atoms with Crippen LogP contribution in [0.4, 0.5) is 0 Å². The van der Waals surface area contributed by atoms with Gasteiger partial charge in [0.15, 0.2) is 0 Å². The van der Waals surface area contributed by atoms with Crippen molar-refractivity contribution in [2.45, 2.75) is 19.4 Å². The standard InChI is InChI=1S/C13H17N3O2/c1-3-9-4-6-10(7-5-9)12-15-13(18-16-12)11(8-14)17-2/h4-7,11H,3,8,14H2,1-2H3. The fourth-order valence-corrected chi connectivity index (χ4v) is 1.67. The van der Waals surface area contributed by atoms with Crippen molar-refractivity contribution in [2.24, 2.45) is 5.73 Å². The molecule has 18 heavy (non-hydrogen) atoms. The molecule has 0 bridgehead atoms. The number of aromatic nitrogens is 2. The van der Waals surface area contributed by atoms with Crippen LogP contribution in [0.2, 0.25) is 0 Å². The number of nitrogens with two attached hydrogens (primary N) is 1. The third-order valence-corrected chi connectivity index (χ3v) is 2.84. The summed E-state index contributed by atoms with van der Waals surface area (Å²) in [5.41, 5.74) is 7.75. The summed E-state index contributed by atoms with van der Waals surface area (Å²) in [5.74, 6) is 0.970. The van der Waals surface area contributed by atoms with Crippen LogP contribution in [0, 0.1) is 0 Å². The molecule has 0 spiro atoms. The highest BCUT2D eigenvalue weighted by atomic mass is 16.5. The summed E-state index contributed by atoms with van der Waals surface area (Å²) in [7, 11) is 1.57. The lowest BCUT2D eigenvalue weighted by atomic mass is 10.1. The molecular weight excluding hydrogens is 230 g/mol. The minimum absolute atomic E-state index is 0.312. The van der Waals surface area contributed by atoms with E-state index in [1.165, 1.54) is 5.56 Å². The SMILES string of the molecule is CCc1ccc(-c2noc(C(CN)OC)n2)cc1.